The highest BCUT2D eigenvalue weighted by molar-refractivity contribution is 4.31. The van der Waals surface area contributed by atoms with E-state index in [0.717, 1.165) is 12.6 Å². The summed E-state index contributed by atoms with van der Waals surface area (Å²) in [6.07, 6.45) is 2.59. The van der Waals surface area contributed by atoms with Crippen LogP contribution in [0.15, 0.2) is 0 Å². The van der Waals surface area contributed by atoms with E-state index in [9.17, 15) is 0 Å². The first-order chi connectivity index (χ1) is 5.77. The molecule has 74 valence electrons. The zero-order valence-electron chi connectivity index (χ0n) is 8.68. The Labute approximate surface area is 76.1 Å². The predicted octanol–water partition coefficient (Wildman–Crippen LogP) is -2.46. The van der Waals surface area contributed by atoms with E-state index in [2.05, 4.69) is 30.2 Å². The molecule has 0 unspecified atom stereocenters. The van der Waals surface area contributed by atoms with Crippen molar-refractivity contribution >= 4 is 0 Å². The van der Waals surface area contributed by atoms with E-state index in [-0.39, 0.29) is 0 Å². The van der Waals surface area contributed by atoms with Crippen molar-refractivity contribution in [3.05, 3.63) is 0 Å². The van der Waals surface area contributed by atoms with E-state index in [4.69, 9.17) is 0 Å². The Kier molecular flexibility index (Phi) is 8.88. The molecule has 0 radical (unpaired) electrons. The van der Waals surface area contributed by atoms with Gasteiger partial charge in [0.1, 0.15) is 0 Å². The summed E-state index contributed by atoms with van der Waals surface area (Å²) in [5, 5.41) is 4.80. The van der Waals surface area contributed by atoms with Crippen LogP contribution in [-0.2, 0) is 0 Å². The molecule has 0 heterocycles. The van der Waals surface area contributed by atoms with Gasteiger partial charge in [0.2, 0.25) is 0 Å². The Hall–Kier alpha value is -0.120. The van der Waals surface area contributed by atoms with Gasteiger partial charge in [0.05, 0.1) is 32.2 Å². The number of quaternary nitrogens is 3. The molecule has 0 aliphatic carbocycles. The number of hydrogen-bond donors (Lipinski definition) is 3. The molecule has 7 N–H and O–H groups in total. The lowest BCUT2D eigenvalue weighted by molar-refractivity contribution is -0.697. The molecular weight excluding hydrogens is 150 g/mol. The van der Waals surface area contributed by atoms with Gasteiger partial charge in [-0.2, -0.15) is 0 Å². The first-order valence-electron chi connectivity index (χ1n) is 5.21. The van der Waals surface area contributed by atoms with Crippen LogP contribution in [0.1, 0.15) is 26.7 Å². The molecule has 3 nitrogen and oxygen atoms in total. The van der Waals surface area contributed by atoms with Gasteiger partial charge in [0.15, 0.2) is 0 Å². The van der Waals surface area contributed by atoms with Crippen LogP contribution in [0, 0.1) is 0 Å². The van der Waals surface area contributed by atoms with Gasteiger partial charge in [0, 0.05) is 12.8 Å². The summed E-state index contributed by atoms with van der Waals surface area (Å²) < 4.78 is 0. The fraction of sp³-hybridized carbons (Fsp3) is 1.00. The molecule has 0 aromatic heterocycles. The highest BCUT2D eigenvalue weighted by Crippen LogP contribution is 1.66. The summed E-state index contributed by atoms with van der Waals surface area (Å²) in [6, 6.07) is 0.754. The van der Waals surface area contributed by atoms with Crippen LogP contribution in [-0.4, -0.2) is 32.2 Å². The monoisotopic (exact) mass is 176 g/mol. The molecule has 0 atom stereocenters. The van der Waals surface area contributed by atoms with E-state index in [1.165, 1.54) is 32.5 Å². The summed E-state index contributed by atoms with van der Waals surface area (Å²) in [7, 11) is 0. The van der Waals surface area contributed by atoms with Crippen molar-refractivity contribution in [2.24, 2.45) is 0 Å². The Morgan fingerprint density at radius 3 is 2.33 bits per heavy atom. The SMILES string of the molecule is CC(C)[NH2+]CCC[NH2+]CCC[NH3+]. The lowest BCUT2D eigenvalue weighted by atomic mass is 10.3. The fourth-order valence-corrected chi connectivity index (χ4v) is 1.15. The van der Waals surface area contributed by atoms with Crippen molar-refractivity contribution in [3.8, 4) is 0 Å². The van der Waals surface area contributed by atoms with E-state index >= 15 is 0 Å². The Morgan fingerprint density at radius 1 is 1.08 bits per heavy atom. The van der Waals surface area contributed by atoms with Gasteiger partial charge in [0.25, 0.3) is 0 Å². The van der Waals surface area contributed by atoms with Crippen LogP contribution >= 0.6 is 0 Å². The maximum absolute atomic E-state index is 3.82. The first kappa shape index (κ1) is 11.9. The second-order valence-electron chi connectivity index (χ2n) is 3.70. The summed E-state index contributed by atoms with van der Waals surface area (Å²) in [6.45, 7) is 9.38. The third-order valence-electron chi connectivity index (χ3n) is 1.91. The van der Waals surface area contributed by atoms with E-state index < -0.39 is 0 Å². The minimum Gasteiger partial charge on any atom is -0.357 e. The summed E-state index contributed by atoms with van der Waals surface area (Å²) in [5.41, 5.74) is 3.82. The quantitative estimate of drug-likeness (QED) is 0.344. The molecule has 0 bridgehead atoms. The molecule has 0 spiro atoms. The average Bonchev–Trinajstić information content (AvgIpc) is 2.02. The van der Waals surface area contributed by atoms with Crippen LogP contribution < -0.4 is 16.4 Å². The molecule has 0 rings (SSSR count). The third kappa shape index (κ3) is 9.88. The summed E-state index contributed by atoms with van der Waals surface area (Å²) in [4.78, 5) is 0. The van der Waals surface area contributed by atoms with Gasteiger partial charge in [-0.15, -0.1) is 0 Å². The van der Waals surface area contributed by atoms with Gasteiger partial charge in [-0.3, -0.25) is 0 Å². The minimum atomic E-state index is 0.754. The Balaban J connectivity index is 2.82. The molecule has 0 saturated carbocycles. The maximum Gasteiger partial charge on any atom is 0.0811 e. The molecule has 0 aliphatic heterocycles. The molecule has 0 aromatic rings. The molecule has 0 aromatic carbocycles. The molecule has 0 saturated heterocycles. The zero-order chi connectivity index (χ0) is 9.23. The van der Waals surface area contributed by atoms with Gasteiger partial charge in [-0.05, 0) is 13.8 Å². The number of rotatable bonds is 8. The van der Waals surface area contributed by atoms with Crippen molar-refractivity contribution in [2.45, 2.75) is 32.7 Å². The average molecular weight is 176 g/mol. The molecule has 3 heteroatoms. The summed E-state index contributed by atoms with van der Waals surface area (Å²) in [5.74, 6) is 0. The molecule has 0 aliphatic rings. The zero-order valence-corrected chi connectivity index (χ0v) is 8.68. The van der Waals surface area contributed by atoms with Crippen molar-refractivity contribution in [1.29, 1.82) is 0 Å². The van der Waals surface area contributed by atoms with Gasteiger partial charge < -0.3 is 16.4 Å². The van der Waals surface area contributed by atoms with E-state index in [1.807, 2.05) is 0 Å². The van der Waals surface area contributed by atoms with Crippen LogP contribution in [0.25, 0.3) is 0 Å². The van der Waals surface area contributed by atoms with E-state index in [1.54, 1.807) is 0 Å². The van der Waals surface area contributed by atoms with Crippen molar-refractivity contribution in [3.63, 3.8) is 0 Å². The number of nitrogens with two attached hydrogens (primary N) is 2. The molecule has 0 fully saturated rings. The maximum atomic E-state index is 3.82. The highest BCUT2D eigenvalue weighted by atomic mass is 14.9. The van der Waals surface area contributed by atoms with Crippen LogP contribution in [0.2, 0.25) is 0 Å². The fourth-order valence-electron chi connectivity index (χ4n) is 1.15. The smallest absolute Gasteiger partial charge is 0.0811 e. The lowest BCUT2D eigenvalue weighted by Crippen LogP contribution is -2.91. The Bertz CT molecular complexity index is 83.8. The van der Waals surface area contributed by atoms with Crippen molar-refractivity contribution in [1.82, 2.24) is 0 Å². The third-order valence-corrected chi connectivity index (χ3v) is 1.91. The van der Waals surface area contributed by atoms with Crippen molar-refractivity contribution < 1.29 is 16.4 Å². The largest absolute Gasteiger partial charge is 0.357 e. The van der Waals surface area contributed by atoms with Crippen molar-refractivity contribution in [2.75, 3.05) is 26.2 Å². The normalized spacial score (nSPS) is 11.0. The highest BCUT2D eigenvalue weighted by Gasteiger charge is 1.96. The number of hydrogen-bond acceptors (Lipinski definition) is 0. The van der Waals surface area contributed by atoms with Crippen LogP contribution in [0.4, 0.5) is 0 Å². The second-order valence-corrected chi connectivity index (χ2v) is 3.70. The second kappa shape index (κ2) is 8.97. The lowest BCUT2D eigenvalue weighted by Gasteiger charge is -2.03. The molecule has 0 amide bonds. The van der Waals surface area contributed by atoms with Gasteiger partial charge in [-0.1, -0.05) is 0 Å². The predicted molar refractivity (Wildman–Crippen MR) is 50.6 cm³/mol. The minimum absolute atomic E-state index is 0.754. The first-order valence-corrected chi connectivity index (χ1v) is 5.21. The molecule has 12 heavy (non-hydrogen) atoms. The topological polar surface area (TPSA) is 60.9 Å². The van der Waals surface area contributed by atoms with E-state index in [0.29, 0.717) is 0 Å². The van der Waals surface area contributed by atoms with Gasteiger partial charge >= 0.3 is 0 Å². The summed E-state index contributed by atoms with van der Waals surface area (Å²) >= 11 is 0. The van der Waals surface area contributed by atoms with Crippen LogP contribution in [0.3, 0.4) is 0 Å². The Morgan fingerprint density at radius 2 is 1.75 bits per heavy atom. The van der Waals surface area contributed by atoms with Crippen LogP contribution in [0.5, 0.6) is 0 Å². The standard InChI is InChI=1S/C9H23N3/c1-9(2)12-8-4-7-11-6-3-5-10/h9,11-12H,3-8,10H2,1-2H3/p+3. The molecular formula is C9H26N3+3. The van der Waals surface area contributed by atoms with Gasteiger partial charge in [-0.25, -0.2) is 0 Å².